The molecule has 4 heterocycles. The van der Waals surface area contributed by atoms with Gasteiger partial charge in [0.15, 0.2) is 0 Å². The van der Waals surface area contributed by atoms with E-state index in [4.69, 9.17) is 14.7 Å². The van der Waals surface area contributed by atoms with Gasteiger partial charge in [0.25, 0.3) is 0 Å². The van der Waals surface area contributed by atoms with Crippen molar-refractivity contribution in [2.75, 3.05) is 14.2 Å². The minimum atomic E-state index is -1.10. The number of nitrogens with one attached hydrogen (secondary N) is 3. The number of likely N-dealkylation sites (tertiary alicyclic amines) is 2. The molecule has 14 heteroatoms. The third kappa shape index (κ3) is 6.80. The van der Waals surface area contributed by atoms with Crippen LogP contribution in [0.25, 0.3) is 22.5 Å². The van der Waals surface area contributed by atoms with Crippen molar-refractivity contribution < 1.29 is 29.0 Å². The molecule has 2 aromatic carbocycles. The number of amides is 4. The SMILES string of the molecule is COC(=O)N[C@H](C(=O)N1[C@@H]2C[C@@H]2C[C@H]1c1nc2c([nH]1)CCc1cc(C#Cc3ccc4c(c3)CCc3[nH]c([C@@H]5C[C@H]6C[C@H]6N5C(=O)[C@H](C(C)C)N(C)C(=O)O)nc3-4)ccc1-2)C(C)C. The van der Waals surface area contributed by atoms with Gasteiger partial charge in [-0.25, -0.2) is 19.6 Å². The Balaban J connectivity index is 0.850. The Kier molecular flexibility index (Phi) is 9.72. The summed E-state index contributed by atoms with van der Waals surface area (Å²) in [7, 11) is 2.79. The van der Waals surface area contributed by atoms with E-state index in [9.17, 15) is 24.3 Å². The van der Waals surface area contributed by atoms with Crippen LogP contribution in [0.15, 0.2) is 36.4 Å². The molecule has 8 atom stereocenters. The molecule has 14 nitrogen and oxygen atoms in total. The summed E-state index contributed by atoms with van der Waals surface area (Å²) in [6.07, 6.45) is 5.25. The number of imidazole rings is 2. The lowest BCUT2D eigenvalue weighted by atomic mass is 9.90. The van der Waals surface area contributed by atoms with Crippen LogP contribution in [-0.2, 0) is 40.0 Å². The van der Waals surface area contributed by atoms with Crippen LogP contribution < -0.4 is 5.32 Å². The van der Waals surface area contributed by atoms with Gasteiger partial charge in [0.1, 0.15) is 23.7 Å². The number of carboxylic acid groups (broad SMARTS) is 1. The molecule has 0 unspecified atom stereocenters. The lowest BCUT2D eigenvalue weighted by molar-refractivity contribution is -0.140. The maximum atomic E-state index is 14.0. The first-order chi connectivity index (χ1) is 29.8. The third-order valence-corrected chi connectivity index (χ3v) is 14.3. The normalized spacial score (nSPS) is 24.4. The summed E-state index contributed by atoms with van der Waals surface area (Å²) in [5.74, 6) is 8.82. The molecule has 10 rings (SSSR count). The van der Waals surface area contributed by atoms with Crippen molar-refractivity contribution in [3.05, 3.63) is 81.7 Å². The first-order valence-electron chi connectivity index (χ1n) is 22.2. The van der Waals surface area contributed by atoms with E-state index in [-0.39, 0.29) is 47.8 Å². The average molecular weight is 839 g/mol. The van der Waals surface area contributed by atoms with Gasteiger partial charge in [-0.3, -0.25) is 14.5 Å². The highest BCUT2D eigenvalue weighted by Gasteiger charge is 2.58. The fraction of sp³-hybridized carbons (Fsp3) is 0.500. The molecule has 6 aliphatic rings. The number of H-pyrrole nitrogens is 2. The molecular weight excluding hydrogens is 785 g/mol. The van der Waals surface area contributed by atoms with Crippen molar-refractivity contribution in [2.45, 2.75) is 115 Å². The molecule has 4 aromatic rings. The fourth-order valence-electron chi connectivity index (χ4n) is 10.9. The minimum Gasteiger partial charge on any atom is -0.465 e. The smallest absolute Gasteiger partial charge is 0.407 e. The number of carbonyl (C=O) groups is 4. The lowest BCUT2D eigenvalue weighted by Crippen LogP contribution is -2.52. The molecule has 322 valence electrons. The number of hydrogen-bond donors (Lipinski definition) is 4. The monoisotopic (exact) mass is 838 g/mol. The Morgan fingerprint density at radius 2 is 1.26 bits per heavy atom. The summed E-state index contributed by atoms with van der Waals surface area (Å²) in [6, 6.07) is 11.2. The maximum absolute atomic E-state index is 14.0. The first kappa shape index (κ1) is 40.0. The number of likely N-dealkylation sites (N-methyl/N-ethyl adjacent to an activating group) is 1. The number of aromatic amines is 2. The van der Waals surface area contributed by atoms with Crippen molar-refractivity contribution in [3.8, 4) is 34.4 Å². The number of piperidine rings is 2. The van der Waals surface area contributed by atoms with Gasteiger partial charge in [-0.1, -0.05) is 51.7 Å². The van der Waals surface area contributed by atoms with Gasteiger partial charge >= 0.3 is 12.2 Å². The highest BCUT2D eigenvalue weighted by Crippen LogP contribution is 2.55. The predicted molar refractivity (Wildman–Crippen MR) is 230 cm³/mol. The largest absolute Gasteiger partial charge is 0.465 e. The quantitative estimate of drug-likeness (QED) is 0.147. The number of methoxy groups -OCH3 is 1. The van der Waals surface area contributed by atoms with Crippen molar-refractivity contribution in [1.82, 2.24) is 40.0 Å². The Morgan fingerprint density at radius 1 is 0.758 bits per heavy atom. The summed E-state index contributed by atoms with van der Waals surface area (Å²) >= 11 is 0. The molecule has 2 aromatic heterocycles. The van der Waals surface area contributed by atoms with Crippen LogP contribution >= 0.6 is 0 Å². The van der Waals surface area contributed by atoms with Crippen LogP contribution in [0.2, 0.25) is 0 Å². The molecule has 4 amide bonds. The van der Waals surface area contributed by atoms with Gasteiger partial charge in [0, 0.05) is 52.8 Å². The minimum absolute atomic E-state index is 0.0841. The van der Waals surface area contributed by atoms with E-state index in [1.54, 1.807) is 0 Å². The van der Waals surface area contributed by atoms with Crippen LogP contribution in [0.3, 0.4) is 0 Å². The zero-order chi connectivity index (χ0) is 43.3. The topological polar surface area (TPSA) is 177 Å². The Bertz CT molecular complexity index is 2580. The zero-order valence-electron chi connectivity index (χ0n) is 36.1. The summed E-state index contributed by atoms with van der Waals surface area (Å²) in [6.45, 7) is 7.66. The van der Waals surface area contributed by atoms with Gasteiger partial charge in [-0.15, -0.1) is 0 Å². The van der Waals surface area contributed by atoms with Crippen molar-refractivity contribution >= 4 is 24.0 Å². The number of alkyl carbamates (subject to hydrolysis) is 1. The molecule has 2 saturated carbocycles. The first-order valence-corrected chi connectivity index (χ1v) is 22.2. The van der Waals surface area contributed by atoms with Crippen LogP contribution in [0, 0.1) is 35.5 Å². The Labute approximate surface area is 361 Å². The van der Waals surface area contributed by atoms with E-state index >= 15 is 0 Å². The zero-order valence-corrected chi connectivity index (χ0v) is 36.1. The lowest BCUT2D eigenvalue weighted by Gasteiger charge is -2.35. The van der Waals surface area contributed by atoms with Crippen LogP contribution in [0.1, 0.15) is 111 Å². The van der Waals surface area contributed by atoms with Gasteiger partial charge < -0.3 is 34.9 Å². The van der Waals surface area contributed by atoms with Crippen molar-refractivity contribution in [3.63, 3.8) is 0 Å². The molecule has 4 N–H and O–H groups in total. The van der Waals surface area contributed by atoms with Crippen LogP contribution in [0.5, 0.6) is 0 Å². The number of fused-ring (bicyclic) bond motifs is 8. The van der Waals surface area contributed by atoms with Gasteiger partial charge in [-0.2, -0.15) is 0 Å². The number of ether oxygens (including phenoxy) is 1. The standard InChI is InChI=1S/C48H54N8O6/c1-23(2)39(53-47(59)62-6)45(57)55-35-19-29(35)21-37(55)43-49-33-15-11-27-17-25(9-13-31(27)40(33)51-43)7-8-26-10-14-32-28(18-26)12-16-34-41(32)52-44(50-34)38-22-30-20-36(30)56(38)46(58)42(24(3)4)54(5)48(60)61/h9-10,13-14,17-18,23-24,29-30,35-39,42H,11-12,15-16,19-22H2,1-6H3,(H,49,51)(H,50,52)(H,53,59)(H,60,61)/t29-,30-,35-,36-,37+,38+,39+,42+/m1/s1. The molecule has 0 radical (unpaired) electrons. The summed E-state index contributed by atoms with van der Waals surface area (Å²) in [5, 5.41) is 12.5. The number of hydrogen-bond acceptors (Lipinski definition) is 7. The summed E-state index contributed by atoms with van der Waals surface area (Å²) in [5.41, 5.74) is 10.5. The highest BCUT2D eigenvalue weighted by atomic mass is 16.5. The number of nitrogens with zero attached hydrogens (tertiary/aromatic N) is 5. The number of aryl methyl sites for hydroxylation is 4. The number of benzene rings is 2. The molecule has 0 spiro atoms. The van der Waals surface area contributed by atoms with Crippen LogP contribution in [0.4, 0.5) is 9.59 Å². The third-order valence-electron chi connectivity index (χ3n) is 14.3. The Morgan fingerprint density at radius 3 is 1.71 bits per heavy atom. The second-order valence-corrected chi connectivity index (χ2v) is 19.0. The highest BCUT2D eigenvalue weighted by molar-refractivity contribution is 5.88. The maximum Gasteiger partial charge on any atom is 0.407 e. The number of rotatable bonds is 8. The molecule has 2 aliphatic heterocycles. The fourth-order valence-corrected chi connectivity index (χ4v) is 10.9. The van der Waals surface area contributed by atoms with Gasteiger partial charge in [0.05, 0.1) is 30.6 Å². The summed E-state index contributed by atoms with van der Waals surface area (Å²) in [4.78, 5) is 74.5. The van der Waals surface area contributed by atoms with E-state index < -0.39 is 24.3 Å². The molecule has 2 saturated heterocycles. The van der Waals surface area contributed by atoms with E-state index in [1.807, 2.05) is 37.5 Å². The second kappa shape index (κ2) is 15.1. The Hall–Kier alpha value is -6.10. The number of aromatic nitrogens is 4. The van der Waals surface area contributed by atoms with E-state index in [1.165, 1.54) is 25.3 Å². The van der Waals surface area contributed by atoms with Gasteiger partial charge in [-0.05, 0) is 110 Å². The molecule has 0 bridgehead atoms. The summed E-state index contributed by atoms with van der Waals surface area (Å²) < 4.78 is 4.83. The molecule has 62 heavy (non-hydrogen) atoms. The predicted octanol–water partition coefficient (Wildman–Crippen LogP) is 6.40. The van der Waals surface area contributed by atoms with Crippen molar-refractivity contribution in [1.29, 1.82) is 0 Å². The van der Waals surface area contributed by atoms with E-state index in [2.05, 4.69) is 63.5 Å². The van der Waals surface area contributed by atoms with Gasteiger partial charge in [0.2, 0.25) is 11.8 Å². The number of carbonyl (C=O) groups excluding carboxylic acids is 3. The average Bonchev–Trinajstić information content (AvgIpc) is 3.90. The molecule has 4 fully saturated rings. The second-order valence-electron chi connectivity index (χ2n) is 19.0. The van der Waals surface area contributed by atoms with E-state index in [0.717, 1.165) is 113 Å². The molecular formula is C48H54N8O6. The van der Waals surface area contributed by atoms with Crippen molar-refractivity contribution in [2.24, 2.45) is 23.7 Å². The molecule has 4 aliphatic carbocycles. The van der Waals surface area contributed by atoms with Crippen LogP contribution in [-0.4, -0.2) is 102 Å². The van der Waals surface area contributed by atoms with E-state index in [0.29, 0.717) is 11.8 Å².